The third-order valence-corrected chi connectivity index (χ3v) is 5.17. The number of carbonyl (C=O) groups is 2. The second-order valence-corrected chi connectivity index (χ2v) is 7.79. The number of phenols is 1. The summed E-state index contributed by atoms with van der Waals surface area (Å²) in [5.74, 6) is -0.353. The molecule has 6 nitrogen and oxygen atoms in total. The summed E-state index contributed by atoms with van der Waals surface area (Å²) in [5, 5.41) is 17.7. The van der Waals surface area contributed by atoms with E-state index in [2.05, 4.69) is 16.0 Å². The highest BCUT2D eigenvalue weighted by molar-refractivity contribution is 6.06. The minimum Gasteiger partial charge on any atom is -0.508 e. The van der Waals surface area contributed by atoms with Crippen LogP contribution in [0.25, 0.3) is 11.1 Å². The molecule has 4 rings (SSSR count). The highest BCUT2D eigenvalue weighted by atomic mass is 19.4. The topological polar surface area (TPSA) is 90.5 Å². The highest BCUT2D eigenvalue weighted by Gasteiger charge is 2.30. The molecule has 182 valence electrons. The third-order valence-electron chi connectivity index (χ3n) is 5.17. The van der Waals surface area contributed by atoms with Crippen LogP contribution in [0.5, 0.6) is 5.75 Å². The average Bonchev–Trinajstić information content (AvgIpc) is 2.84. The predicted octanol–water partition coefficient (Wildman–Crippen LogP) is 6.97. The number of alkyl halides is 3. The van der Waals surface area contributed by atoms with Crippen molar-refractivity contribution in [3.05, 3.63) is 108 Å². The Hall–Kier alpha value is -4.79. The standard InChI is InChI=1S/C27H20F3N3O3/c28-27(29,30)19-9-5-10-20(15-19)32-26(36)33-24-16-21(31-25(35)17-6-2-1-3-7-17)12-13-23(24)18-8-4-11-22(34)14-18/h1-16,34H,(H,31,35)(H2,32,33,36). The lowest BCUT2D eigenvalue weighted by molar-refractivity contribution is -0.137. The van der Waals surface area contributed by atoms with E-state index in [-0.39, 0.29) is 23.0 Å². The van der Waals surface area contributed by atoms with E-state index < -0.39 is 17.8 Å². The minimum absolute atomic E-state index is 0.00771. The van der Waals surface area contributed by atoms with E-state index in [1.807, 2.05) is 0 Å². The van der Waals surface area contributed by atoms with Crippen molar-refractivity contribution in [3.63, 3.8) is 0 Å². The van der Waals surface area contributed by atoms with Gasteiger partial charge in [-0.2, -0.15) is 13.2 Å². The van der Waals surface area contributed by atoms with Gasteiger partial charge in [-0.05, 0) is 60.2 Å². The first-order valence-electron chi connectivity index (χ1n) is 10.7. The molecule has 4 aromatic carbocycles. The number of amides is 3. The van der Waals surface area contributed by atoms with Crippen molar-refractivity contribution in [2.24, 2.45) is 0 Å². The molecule has 0 saturated heterocycles. The lowest BCUT2D eigenvalue weighted by atomic mass is 10.0. The number of anilines is 3. The predicted molar refractivity (Wildman–Crippen MR) is 132 cm³/mol. The van der Waals surface area contributed by atoms with Crippen molar-refractivity contribution >= 4 is 29.0 Å². The lowest BCUT2D eigenvalue weighted by Crippen LogP contribution is -2.20. The Balaban J connectivity index is 1.61. The maximum atomic E-state index is 13.0. The zero-order valence-electron chi connectivity index (χ0n) is 18.6. The van der Waals surface area contributed by atoms with Gasteiger partial charge in [-0.25, -0.2) is 4.79 Å². The van der Waals surface area contributed by atoms with Crippen LogP contribution in [-0.2, 0) is 6.18 Å². The monoisotopic (exact) mass is 491 g/mol. The quantitative estimate of drug-likeness (QED) is 0.243. The van der Waals surface area contributed by atoms with Gasteiger partial charge in [-0.1, -0.05) is 42.5 Å². The molecule has 0 saturated carbocycles. The average molecular weight is 491 g/mol. The van der Waals surface area contributed by atoms with Crippen molar-refractivity contribution in [3.8, 4) is 16.9 Å². The molecule has 4 aromatic rings. The SMILES string of the molecule is O=C(Nc1cccc(C(F)(F)F)c1)Nc1cc(NC(=O)c2ccccc2)ccc1-c1cccc(O)c1. The maximum Gasteiger partial charge on any atom is 0.416 e. The third kappa shape index (κ3) is 6.01. The van der Waals surface area contributed by atoms with Crippen LogP contribution in [0.15, 0.2) is 97.1 Å². The number of hydrogen-bond donors (Lipinski definition) is 4. The van der Waals surface area contributed by atoms with Crippen molar-refractivity contribution < 1.29 is 27.9 Å². The van der Waals surface area contributed by atoms with E-state index in [4.69, 9.17) is 0 Å². The summed E-state index contributed by atoms with van der Waals surface area (Å²) in [4.78, 5) is 25.3. The van der Waals surface area contributed by atoms with Gasteiger partial charge >= 0.3 is 12.2 Å². The van der Waals surface area contributed by atoms with Gasteiger partial charge in [0, 0.05) is 22.5 Å². The first-order chi connectivity index (χ1) is 17.2. The molecule has 0 aliphatic rings. The fourth-order valence-electron chi connectivity index (χ4n) is 3.50. The first kappa shape index (κ1) is 24.3. The van der Waals surface area contributed by atoms with Crippen molar-refractivity contribution in [1.82, 2.24) is 0 Å². The molecule has 0 heterocycles. The number of rotatable bonds is 5. The Morgan fingerprint density at radius 1 is 0.694 bits per heavy atom. The highest BCUT2D eigenvalue weighted by Crippen LogP contribution is 2.33. The summed E-state index contributed by atoms with van der Waals surface area (Å²) in [6.45, 7) is 0. The smallest absolute Gasteiger partial charge is 0.416 e. The maximum absolute atomic E-state index is 13.0. The Bertz CT molecular complexity index is 1410. The van der Waals surface area contributed by atoms with Crippen molar-refractivity contribution in [2.45, 2.75) is 6.18 Å². The van der Waals surface area contributed by atoms with Crippen LogP contribution in [0.4, 0.5) is 35.0 Å². The molecule has 9 heteroatoms. The van der Waals surface area contributed by atoms with Crippen LogP contribution < -0.4 is 16.0 Å². The number of urea groups is 1. The molecule has 0 atom stereocenters. The molecule has 0 aliphatic carbocycles. The first-order valence-corrected chi connectivity index (χ1v) is 10.7. The van der Waals surface area contributed by atoms with Crippen LogP contribution >= 0.6 is 0 Å². The van der Waals surface area contributed by atoms with Gasteiger partial charge in [0.15, 0.2) is 0 Å². The Labute approximate surface area is 204 Å². The molecule has 0 aromatic heterocycles. The van der Waals surface area contributed by atoms with E-state index in [9.17, 15) is 27.9 Å². The number of halogens is 3. The second kappa shape index (κ2) is 10.2. The van der Waals surface area contributed by atoms with E-state index in [1.165, 1.54) is 30.3 Å². The molecular formula is C27H20F3N3O3. The summed E-state index contributed by atoms with van der Waals surface area (Å²) in [6.07, 6.45) is -4.55. The van der Waals surface area contributed by atoms with E-state index >= 15 is 0 Å². The summed E-state index contributed by atoms with van der Waals surface area (Å²) in [5.41, 5.74) is 1.22. The molecule has 0 aliphatic heterocycles. The minimum atomic E-state index is -4.55. The Kier molecular flexibility index (Phi) is 6.91. The van der Waals surface area contributed by atoms with Crippen LogP contribution in [-0.4, -0.2) is 17.0 Å². The molecule has 0 fully saturated rings. The normalized spacial score (nSPS) is 11.0. The fourth-order valence-corrected chi connectivity index (χ4v) is 3.50. The molecule has 0 radical (unpaired) electrons. The number of hydrogen-bond acceptors (Lipinski definition) is 3. The van der Waals surface area contributed by atoms with Crippen LogP contribution in [0.2, 0.25) is 0 Å². The molecule has 0 unspecified atom stereocenters. The molecule has 0 bridgehead atoms. The summed E-state index contributed by atoms with van der Waals surface area (Å²) < 4.78 is 39.0. The lowest BCUT2D eigenvalue weighted by Gasteiger charge is -2.15. The fraction of sp³-hybridized carbons (Fsp3) is 0.0370. The zero-order chi connectivity index (χ0) is 25.7. The van der Waals surface area contributed by atoms with Crippen LogP contribution in [0, 0.1) is 0 Å². The van der Waals surface area contributed by atoms with Gasteiger partial charge in [0.1, 0.15) is 5.75 Å². The van der Waals surface area contributed by atoms with Crippen molar-refractivity contribution in [1.29, 1.82) is 0 Å². The largest absolute Gasteiger partial charge is 0.508 e. The van der Waals surface area contributed by atoms with E-state index in [1.54, 1.807) is 54.6 Å². The van der Waals surface area contributed by atoms with Crippen molar-refractivity contribution in [2.75, 3.05) is 16.0 Å². The Morgan fingerprint density at radius 2 is 1.42 bits per heavy atom. The van der Waals surface area contributed by atoms with Gasteiger partial charge in [-0.3, -0.25) is 4.79 Å². The van der Waals surface area contributed by atoms with Gasteiger partial charge in [0.05, 0.1) is 11.3 Å². The number of phenolic OH excluding ortho intramolecular Hbond substituents is 1. The van der Waals surface area contributed by atoms with Crippen LogP contribution in [0.3, 0.4) is 0 Å². The van der Waals surface area contributed by atoms with Crippen LogP contribution in [0.1, 0.15) is 15.9 Å². The molecule has 3 amide bonds. The van der Waals surface area contributed by atoms with Gasteiger partial charge in [0.25, 0.3) is 5.91 Å². The number of carbonyl (C=O) groups excluding carboxylic acids is 2. The van der Waals surface area contributed by atoms with Gasteiger partial charge < -0.3 is 21.1 Å². The number of aromatic hydroxyl groups is 1. The summed E-state index contributed by atoms with van der Waals surface area (Å²) >= 11 is 0. The zero-order valence-corrected chi connectivity index (χ0v) is 18.6. The Morgan fingerprint density at radius 3 is 2.14 bits per heavy atom. The number of nitrogens with one attached hydrogen (secondary N) is 3. The van der Waals surface area contributed by atoms with Gasteiger partial charge in [0.2, 0.25) is 0 Å². The van der Waals surface area contributed by atoms with E-state index in [0.717, 1.165) is 12.1 Å². The molecule has 4 N–H and O–H groups in total. The number of benzene rings is 4. The summed E-state index contributed by atoms with van der Waals surface area (Å²) in [6, 6.07) is 23.1. The second-order valence-electron chi connectivity index (χ2n) is 7.79. The molecular weight excluding hydrogens is 471 g/mol. The van der Waals surface area contributed by atoms with Gasteiger partial charge in [-0.15, -0.1) is 0 Å². The summed E-state index contributed by atoms with van der Waals surface area (Å²) in [7, 11) is 0. The molecule has 0 spiro atoms. The van der Waals surface area contributed by atoms with E-state index in [0.29, 0.717) is 22.4 Å². The molecule has 36 heavy (non-hydrogen) atoms.